The summed E-state index contributed by atoms with van der Waals surface area (Å²) in [5.41, 5.74) is 1.26. The third-order valence-corrected chi connectivity index (χ3v) is 4.30. The Balaban J connectivity index is 1.59. The average molecular weight is 296 g/mol. The van der Waals surface area contributed by atoms with E-state index in [0.717, 1.165) is 24.7 Å². The van der Waals surface area contributed by atoms with Crippen molar-refractivity contribution in [1.29, 1.82) is 0 Å². The monoisotopic (exact) mass is 296 g/mol. The van der Waals surface area contributed by atoms with Crippen LogP contribution in [0.2, 0.25) is 0 Å². The van der Waals surface area contributed by atoms with E-state index in [1.165, 1.54) is 24.9 Å². The van der Waals surface area contributed by atoms with Crippen molar-refractivity contribution in [1.82, 2.24) is 19.7 Å². The molecule has 1 saturated heterocycles. The predicted octanol–water partition coefficient (Wildman–Crippen LogP) is 3.07. The largest absolute Gasteiger partial charge is 0.295 e. The molecule has 0 amide bonds. The maximum absolute atomic E-state index is 4.50. The lowest BCUT2D eigenvalue weighted by Crippen LogP contribution is -2.33. The number of hydrogen-bond acceptors (Lipinski definition) is 3. The fourth-order valence-electron chi connectivity index (χ4n) is 3.16. The van der Waals surface area contributed by atoms with Crippen LogP contribution >= 0.6 is 0 Å². The molecule has 1 fully saturated rings. The van der Waals surface area contributed by atoms with Gasteiger partial charge in [-0.1, -0.05) is 42.5 Å². The van der Waals surface area contributed by atoms with Gasteiger partial charge in [-0.05, 0) is 38.8 Å². The van der Waals surface area contributed by atoms with Gasteiger partial charge in [0.25, 0.3) is 0 Å². The molecule has 0 bridgehead atoms. The Labute approximate surface area is 132 Å². The highest BCUT2D eigenvalue weighted by molar-refractivity contribution is 5.48. The zero-order valence-electron chi connectivity index (χ0n) is 13.4. The first kappa shape index (κ1) is 15.0. The summed E-state index contributed by atoms with van der Waals surface area (Å²) in [7, 11) is 0. The van der Waals surface area contributed by atoms with E-state index in [-0.39, 0.29) is 0 Å². The lowest BCUT2D eigenvalue weighted by Gasteiger charge is -2.23. The molecule has 1 aliphatic rings. The fraction of sp³-hybridized carbons (Fsp3) is 0.444. The van der Waals surface area contributed by atoms with Crippen LogP contribution in [0.1, 0.15) is 30.1 Å². The zero-order chi connectivity index (χ0) is 15.4. The molecule has 0 N–H and O–H groups in total. The van der Waals surface area contributed by atoms with E-state index >= 15 is 0 Å². The fourth-order valence-corrected chi connectivity index (χ4v) is 3.16. The summed E-state index contributed by atoms with van der Waals surface area (Å²) in [6.07, 6.45) is 7.00. The molecule has 3 rings (SSSR count). The molecule has 4 heteroatoms. The van der Waals surface area contributed by atoms with Gasteiger partial charge in [-0.25, -0.2) is 9.67 Å². The smallest absolute Gasteiger partial charge is 0.147 e. The van der Waals surface area contributed by atoms with Gasteiger partial charge in [0.1, 0.15) is 11.6 Å². The molecule has 1 aromatic heterocycles. The van der Waals surface area contributed by atoms with Crippen LogP contribution in [0.3, 0.4) is 0 Å². The first-order valence-corrected chi connectivity index (χ1v) is 8.06. The lowest BCUT2D eigenvalue weighted by atomic mass is 10.2. The summed E-state index contributed by atoms with van der Waals surface area (Å²) in [5, 5.41) is 4.50. The number of likely N-dealkylation sites (tertiary alicyclic amines) is 1. The van der Waals surface area contributed by atoms with E-state index in [4.69, 9.17) is 0 Å². The predicted molar refractivity (Wildman–Crippen MR) is 89.6 cm³/mol. The van der Waals surface area contributed by atoms with Crippen LogP contribution in [0.15, 0.2) is 36.4 Å². The minimum Gasteiger partial charge on any atom is -0.295 e. The van der Waals surface area contributed by atoms with Crippen LogP contribution in [0, 0.1) is 13.8 Å². The van der Waals surface area contributed by atoms with Gasteiger partial charge in [0, 0.05) is 12.6 Å². The normalized spacial score (nSPS) is 19.3. The van der Waals surface area contributed by atoms with Crippen molar-refractivity contribution in [3.63, 3.8) is 0 Å². The van der Waals surface area contributed by atoms with Crippen molar-refractivity contribution in [2.24, 2.45) is 0 Å². The second-order valence-electron chi connectivity index (χ2n) is 5.99. The maximum Gasteiger partial charge on any atom is 0.147 e. The molecule has 4 nitrogen and oxygen atoms in total. The minimum absolute atomic E-state index is 0.570. The molecule has 0 radical (unpaired) electrons. The van der Waals surface area contributed by atoms with Crippen molar-refractivity contribution in [3.05, 3.63) is 53.6 Å². The molecule has 0 spiro atoms. The molecular formula is C18H24N4. The van der Waals surface area contributed by atoms with Crippen molar-refractivity contribution < 1.29 is 0 Å². The van der Waals surface area contributed by atoms with Gasteiger partial charge >= 0.3 is 0 Å². The molecule has 0 saturated carbocycles. The van der Waals surface area contributed by atoms with Gasteiger partial charge in [-0.15, -0.1) is 0 Å². The molecule has 1 aliphatic heterocycles. The molecule has 0 unspecified atom stereocenters. The molecule has 0 aliphatic carbocycles. The topological polar surface area (TPSA) is 34.0 Å². The number of aryl methyl sites for hydroxylation is 2. The Morgan fingerprint density at radius 1 is 1.23 bits per heavy atom. The van der Waals surface area contributed by atoms with Gasteiger partial charge in [-0.2, -0.15) is 5.10 Å². The molecule has 22 heavy (non-hydrogen) atoms. The Hall–Kier alpha value is -1.94. The van der Waals surface area contributed by atoms with Gasteiger partial charge in [0.2, 0.25) is 0 Å². The maximum atomic E-state index is 4.50. The minimum atomic E-state index is 0.570. The number of benzene rings is 1. The van der Waals surface area contributed by atoms with E-state index in [9.17, 15) is 0 Å². The molecule has 1 atom stereocenters. The zero-order valence-corrected chi connectivity index (χ0v) is 13.4. The average Bonchev–Trinajstić information content (AvgIpc) is 3.07. The second kappa shape index (κ2) is 6.88. The van der Waals surface area contributed by atoms with Gasteiger partial charge in [0.15, 0.2) is 0 Å². The highest BCUT2D eigenvalue weighted by Gasteiger charge is 2.24. The second-order valence-corrected chi connectivity index (χ2v) is 5.99. The highest BCUT2D eigenvalue weighted by Crippen LogP contribution is 2.19. The number of nitrogens with zero attached hydrogens (tertiary/aromatic N) is 4. The molecule has 2 aromatic rings. The Bertz CT molecular complexity index is 630. The first-order chi connectivity index (χ1) is 10.7. The summed E-state index contributed by atoms with van der Waals surface area (Å²) in [6, 6.07) is 11.1. The highest BCUT2D eigenvalue weighted by atomic mass is 15.4. The Morgan fingerprint density at radius 2 is 2.05 bits per heavy atom. The van der Waals surface area contributed by atoms with Gasteiger partial charge < -0.3 is 0 Å². The van der Waals surface area contributed by atoms with E-state index in [1.54, 1.807) is 0 Å². The van der Waals surface area contributed by atoms with Crippen molar-refractivity contribution >= 4 is 6.08 Å². The standard InChI is InChI=1S/C18H24N4/c1-15-19-16(2)22(20-15)14-18-11-7-13-21(18)12-6-10-17-8-4-3-5-9-17/h3-6,8-10,18H,7,11-14H2,1-2H3/b10-6-/t18-/m1/s1. The third-order valence-electron chi connectivity index (χ3n) is 4.30. The number of hydrogen-bond donors (Lipinski definition) is 0. The summed E-state index contributed by atoms with van der Waals surface area (Å²) in [4.78, 5) is 6.95. The number of aromatic nitrogens is 3. The van der Waals surface area contributed by atoms with Gasteiger partial charge in [0.05, 0.1) is 6.54 Å². The lowest BCUT2D eigenvalue weighted by molar-refractivity contribution is 0.248. The Kier molecular flexibility index (Phi) is 4.68. The number of rotatable bonds is 5. The van der Waals surface area contributed by atoms with Crippen molar-refractivity contribution in [2.45, 2.75) is 39.3 Å². The molecule has 116 valence electrons. The van der Waals surface area contributed by atoms with E-state index in [2.05, 4.69) is 62.1 Å². The quantitative estimate of drug-likeness (QED) is 0.850. The SMILES string of the molecule is Cc1nc(C)n(C[C@H]2CCCN2C/C=C\c2ccccc2)n1. The van der Waals surface area contributed by atoms with E-state index in [0.29, 0.717) is 6.04 Å². The van der Waals surface area contributed by atoms with Gasteiger partial charge in [-0.3, -0.25) is 4.90 Å². The van der Waals surface area contributed by atoms with Crippen LogP contribution in [-0.4, -0.2) is 38.8 Å². The van der Waals surface area contributed by atoms with Crippen LogP contribution in [0.4, 0.5) is 0 Å². The molecular weight excluding hydrogens is 272 g/mol. The summed E-state index contributed by atoms with van der Waals surface area (Å²) >= 11 is 0. The van der Waals surface area contributed by atoms with Crippen LogP contribution in [0.5, 0.6) is 0 Å². The van der Waals surface area contributed by atoms with Crippen LogP contribution < -0.4 is 0 Å². The van der Waals surface area contributed by atoms with Crippen molar-refractivity contribution in [3.8, 4) is 0 Å². The summed E-state index contributed by atoms with van der Waals surface area (Å²) in [6.45, 7) is 7.13. The Morgan fingerprint density at radius 3 is 2.77 bits per heavy atom. The molecule has 1 aromatic carbocycles. The summed E-state index contributed by atoms with van der Waals surface area (Å²) < 4.78 is 2.05. The third kappa shape index (κ3) is 3.63. The molecule has 2 heterocycles. The van der Waals surface area contributed by atoms with Crippen LogP contribution in [-0.2, 0) is 6.54 Å². The van der Waals surface area contributed by atoms with E-state index in [1.807, 2.05) is 13.8 Å². The first-order valence-electron chi connectivity index (χ1n) is 8.06. The summed E-state index contributed by atoms with van der Waals surface area (Å²) in [5.74, 6) is 1.88. The van der Waals surface area contributed by atoms with Crippen molar-refractivity contribution in [2.75, 3.05) is 13.1 Å². The van der Waals surface area contributed by atoms with E-state index < -0.39 is 0 Å². The van der Waals surface area contributed by atoms with Crippen LogP contribution in [0.25, 0.3) is 6.08 Å².